The predicted octanol–water partition coefficient (Wildman–Crippen LogP) is 3.08. The second-order valence-corrected chi connectivity index (χ2v) is 6.25. The average molecular weight is 356 g/mol. The lowest BCUT2D eigenvalue weighted by atomic mass is 9.81. The van der Waals surface area contributed by atoms with E-state index in [1.165, 1.54) is 6.07 Å². The van der Waals surface area contributed by atoms with Crippen molar-refractivity contribution in [3.05, 3.63) is 32.8 Å². The van der Waals surface area contributed by atoms with E-state index in [4.69, 9.17) is 0 Å². The molecule has 21 heavy (non-hydrogen) atoms. The van der Waals surface area contributed by atoms with Crippen molar-refractivity contribution < 1.29 is 9.72 Å². The molecule has 1 saturated heterocycles. The monoisotopic (exact) mass is 355 g/mol. The summed E-state index contributed by atoms with van der Waals surface area (Å²) in [7, 11) is 0. The molecule has 0 saturated carbocycles. The summed E-state index contributed by atoms with van der Waals surface area (Å²) in [4.78, 5) is 23.2. The van der Waals surface area contributed by atoms with Crippen LogP contribution in [0.3, 0.4) is 0 Å². The fourth-order valence-corrected chi connectivity index (χ4v) is 3.11. The zero-order chi connectivity index (χ0) is 15.5. The van der Waals surface area contributed by atoms with E-state index in [0.717, 1.165) is 25.8 Å². The molecule has 1 atom stereocenters. The molecule has 0 spiro atoms. The molecule has 6 nitrogen and oxygen atoms in total. The minimum Gasteiger partial charge on any atom is -0.320 e. The smallest absolute Gasteiger partial charge is 0.293 e. The standard InChI is InChI=1S/C14H18BrN3O3/c1-2-5-14(6-7-16-9-14)13(19)17-11-4-3-10(15)8-12(11)18(20)21/h3-4,8,16H,2,5-7,9H2,1H3,(H,17,19). The number of hydrogen-bond donors (Lipinski definition) is 2. The first-order chi connectivity index (χ1) is 9.98. The molecule has 1 aromatic carbocycles. The van der Waals surface area contributed by atoms with Gasteiger partial charge in [0.1, 0.15) is 5.69 Å². The number of amides is 1. The third-order valence-electron chi connectivity index (χ3n) is 3.86. The number of nitro groups is 1. The molecule has 2 N–H and O–H groups in total. The Bertz CT molecular complexity index is 556. The van der Waals surface area contributed by atoms with Crippen molar-refractivity contribution in [2.75, 3.05) is 18.4 Å². The number of nitrogens with one attached hydrogen (secondary N) is 2. The van der Waals surface area contributed by atoms with Gasteiger partial charge in [-0.1, -0.05) is 29.3 Å². The highest BCUT2D eigenvalue weighted by atomic mass is 79.9. The van der Waals surface area contributed by atoms with Gasteiger partial charge in [0.05, 0.1) is 10.3 Å². The van der Waals surface area contributed by atoms with Crippen molar-refractivity contribution in [1.29, 1.82) is 0 Å². The molecule has 0 radical (unpaired) electrons. The topological polar surface area (TPSA) is 84.3 Å². The van der Waals surface area contributed by atoms with Gasteiger partial charge < -0.3 is 10.6 Å². The second-order valence-electron chi connectivity index (χ2n) is 5.33. The molecule has 1 aliphatic rings. The summed E-state index contributed by atoms with van der Waals surface area (Å²) in [6.45, 7) is 3.46. The maximum absolute atomic E-state index is 12.6. The molecule has 1 unspecified atom stereocenters. The summed E-state index contributed by atoms with van der Waals surface area (Å²) in [5, 5.41) is 17.1. The number of benzene rings is 1. The zero-order valence-electron chi connectivity index (χ0n) is 11.8. The number of halogens is 1. The highest BCUT2D eigenvalue weighted by Crippen LogP contribution is 2.35. The molecule has 2 rings (SSSR count). The first kappa shape index (κ1) is 15.9. The molecular weight excluding hydrogens is 338 g/mol. The number of nitrogens with zero attached hydrogens (tertiary/aromatic N) is 1. The first-order valence-corrected chi connectivity index (χ1v) is 7.74. The maximum atomic E-state index is 12.6. The average Bonchev–Trinajstić information content (AvgIpc) is 2.91. The van der Waals surface area contributed by atoms with Crippen LogP contribution in [0, 0.1) is 15.5 Å². The van der Waals surface area contributed by atoms with Crippen LogP contribution in [0.4, 0.5) is 11.4 Å². The van der Waals surface area contributed by atoms with Gasteiger partial charge in [-0.25, -0.2) is 0 Å². The van der Waals surface area contributed by atoms with Crippen LogP contribution in [0.15, 0.2) is 22.7 Å². The molecule has 1 heterocycles. The summed E-state index contributed by atoms with van der Waals surface area (Å²) in [5.41, 5.74) is -0.318. The van der Waals surface area contributed by atoms with Gasteiger partial charge in [0.15, 0.2) is 0 Å². The summed E-state index contributed by atoms with van der Waals surface area (Å²) in [6.07, 6.45) is 2.44. The third-order valence-corrected chi connectivity index (χ3v) is 4.35. The number of carbonyl (C=O) groups is 1. The zero-order valence-corrected chi connectivity index (χ0v) is 13.4. The van der Waals surface area contributed by atoms with Crippen molar-refractivity contribution in [2.24, 2.45) is 5.41 Å². The molecule has 1 fully saturated rings. The number of anilines is 1. The molecule has 0 bridgehead atoms. The Kier molecular flexibility index (Phi) is 4.95. The Morgan fingerprint density at radius 2 is 2.33 bits per heavy atom. The van der Waals surface area contributed by atoms with Crippen LogP contribution in [-0.4, -0.2) is 23.9 Å². The van der Waals surface area contributed by atoms with Crippen molar-refractivity contribution in [1.82, 2.24) is 5.32 Å². The van der Waals surface area contributed by atoms with E-state index in [2.05, 4.69) is 26.6 Å². The normalized spacial score (nSPS) is 21.2. The van der Waals surface area contributed by atoms with Crippen LogP contribution in [0.5, 0.6) is 0 Å². The van der Waals surface area contributed by atoms with Gasteiger partial charge in [-0.15, -0.1) is 0 Å². The summed E-state index contributed by atoms with van der Waals surface area (Å²) in [6, 6.07) is 4.64. The first-order valence-electron chi connectivity index (χ1n) is 6.94. The third kappa shape index (κ3) is 3.41. The SMILES string of the molecule is CCCC1(C(=O)Nc2ccc(Br)cc2[N+](=O)[O-])CCNC1. The van der Waals surface area contributed by atoms with Gasteiger partial charge in [0, 0.05) is 17.1 Å². The fraction of sp³-hybridized carbons (Fsp3) is 0.500. The van der Waals surface area contributed by atoms with Crippen LogP contribution >= 0.6 is 15.9 Å². The van der Waals surface area contributed by atoms with E-state index in [9.17, 15) is 14.9 Å². The van der Waals surface area contributed by atoms with Crippen LogP contribution < -0.4 is 10.6 Å². The Hall–Kier alpha value is -1.47. The summed E-state index contributed by atoms with van der Waals surface area (Å²) in [5.74, 6) is -0.139. The van der Waals surface area contributed by atoms with E-state index in [1.54, 1.807) is 12.1 Å². The van der Waals surface area contributed by atoms with Crippen LogP contribution in [0.1, 0.15) is 26.2 Å². The molecule has 114 valence electrons. The summed E-state index contributed by atoms with van der Waals surface area (Å²) < 4.78 is 0.609. The Morgan fingerprint density at radius 1 is 1.57 bits per heavy atom. The van der Waals surface area contributed by atoms with E-state index < -0.39 is 10.3 Å². The number of rotatable bonds is 5. The van der Waals surface area contributed by atoms with Gasteiger partial charge in [-0.3, -0.25) is 14.9 Å². The van der Waals surface area contributed by atoms with Crippen LogP contribution in [0.25, 0.3) is 0 Å². The maximum Gasteiger partial charge on any atom is 0.293 e. The molecule has 0 aliphatic carbocycles. The predicted molar refractivity (Wildman–Crippen MR) is 84.3 cm³/mol. The van der Waals surface area contributed by atoms with E-state index in [1.807, 2.05) is 6.92 Å². The van der Waals surface area contributed by atoms with Gasteiger partial charge >= 0.3 is 0 Å². The van der Waals surface area contributed by atoms with Crippen molar-refractivity contribution in [3.8, 4) is 0 Å². The lowest BCUT2D eigenvalue weighted by molar-refractivity contribution is -0.384. The van der Waals surface area contributed by atoms with Crippen LogP contribution in [0.2, 0.25) is 0 Å². The largest absolute Gasteiger partial charge is 0.320 e. The molecule has 1 aliphatic heterocycles. The van der Waals surface area contributed by atoms with Gasteiger partial charge in [-0.05, 0) is 31.5 Å². The molecule has 1 amide bonds. The van der Waals surface area contributed by atoms with E-state index in [0.29, 0.717) is 11.0 Å². The fourth-order valence-electron chi connectivity index (χ4n) is 2.76. The Labute approximate surface area is 131 Å². The van der Waals surface area contributed by atoms with Crippen molar-refractivity contribution >= 4 is 33.2 Å². The highest BCUT2D eigenvalue weighted by molar-refractivity contribution is 9.10. The Morgan fingerprint density at radius 3 is 2.90 bits per heavy atom. The quantitative estimate of drug-likeness (QED) is 0.627. The van der Waals surface area contributed by atoms with Crippen molar-refractivity contribution in [2.45, 2.75) is 26.2 Å². The second kappa shape index (κ2) is 6.53. The van der Waals surface area contributed by atoms with E-state index in [-0.39, 0.29) is 17.3 Å². The van der Waals surface area contributed by atoms with Gasteiger partial charge in [0.25, 0.3) is 5.69 Å². The lowest BCUT2D eigenvalue weighted by Gasteiger charge is -2.26. The molecule has 7 heteroatoms. The summed E-state index contributed by atoms with van der Waals surface area (Å²) >= 11 is 3.21. The molecular formula is C14H18BrN3O3. The number of hydrogen-bond acceptors (Lipinski definition) is 4. The van der Waals surface area contributed by atoms with E-state index >= 15 is 0 Å². The van der Waals surface area contributed by atoms with Gasteiger partial charge in [0.2, 0.25) is 5.91 Å². The minimum absolute atomic E-state index is 0.102. The highest BCUT2D eigenvalue weighted by Gasteiger charge is 2.40. The number of nitro benzene ring substituents is 1. The van der Waals surface area contributed by atoms with Gasteiger partial charge in [-0.2, -0.15) is 0 Å². The minimum atomic E-state index is -0.486. The lowest BCUT2D eigenvalue weighted by Crippen LogP contribution is -2.38. The Balaban J connectivity index is 2.25. The molecule has 0 aromatic heterocycles. The molecule has 1 aromatic rings. The number of carbonyl (C=O) groups excluding carboxylic acids is 1. The van der Waals surface area contributed by atoms with Crippen LogP contribution in [-0.2, 0) is 4.79 Å². The van der Waals surface area contributed by atoms with Crippen molar-refractivity contribution in [3.63, 3.8) is 0 Å².